The Kier molecular flexibility index (Phi) is 2.97. The molecule has 1 aromatic carbocycles. The van der Waals surface area contributed by atoms with Crippen molar-refractivity contribution in [1.29, 1.82) is 0 Å². The van der Waals surface area contributed by atoms with Gasteiger partial charge in [-0.3, -0.25) is 4.79 Å². The maximum atomic E-state index is 11.4. The number of carboxylic acid groups (broad SMARTS) is 1. The molecule has 1 saturated carbocycles. The van der Waals surface area contributed by atoms with Crippen LogP contribution >= 0.6 is 15.9 Å². The Labute approximate surface area is 125 Å². The lowest BCUT2D eigenvalue weighted by atomic mass is 10.0. The third kappa shape index (κ3) is 2.06. The Bertz CT molecular complexity index is 682. The molecule has 1 heterocycles. The summed E-state index contributed by atoms with van der Waals surface area (Å²) in [4.78, 5) is 11.4. The molecule has 1 N–H and O–H groups in total. The molecule has 0 amide bonds. The lowest BCUT2D eigenvalue weighted by Crippen LogP contribution is -2.20. The molecule has 4 nitrogen and oxygen atoms in total. The summed E-state index contributed by atoms with van der Waals surface area (Å²) in [6.45, 7) is 4.07. The maximum Gasteiger partial charge on any atom is 0.315 e. The van der Waals surface area contributed by atoms with Crippen molar-refractivity contribution in [2.45, 2.75) is 32.1 Å². The zero-order valence-electron chi connectivity index (χ0n) is 11.4. The first-order valence-corrected chi connectivity index (χ1v) is 7.29. The lowest BCUT2D eigenvalue weighted by Gasteiger charge is -2.07. The van der Waals surface area contributed by atoms with E-state index >= 15 is 0 Å². The average Bonchev–Trinajstić information content (AvgIpc) is 3.06. The third-order valence-corrected chi connectivity index (χ3v) is 4.33. The topological polar surface area (TPSA) is 55.1 Å². The van der Waals surface area contributed by atoms with Crippen molar-refractivity contribution >= 4 is 21.9 Å². The number of hydrogen-bond acceptors (Lipinski definition) is 2. The molecule has 20 heavy (non-hydrogen) atoms. The zero-order chi connectivity index (χ0) is 14.5. The van der Waals surface area contributed by atoms with E-state index < -0.39 is 11.4 Å². The Morgan fingerprint density at radius 3 is 2.40 bits per heavy atom. The first-order chi connectivity index (χ1) is 9.42. The van der Waals surface area contributed by atoms with Gasteiger partial charge in [0, 0.05) is 6.20 Å². The predicted octanol–water partition coefficient (Wildman–Crippen LogP) is 3.37. The van der Waals surface area contributed by atoms with Crippen molar-refractivity contribution in [1.82, 2.24) is 9.78 Å². The molecule has 2 aromatic rings. The van der Waals surface area contributed by atoms with Crippen LogP contribution in [0.25, 0.3) is 5.69 Å². The van der Waals surface area contributed by atoms with Crippen LogP contribution in [-0.2, 0) is 10.2 Å². The number of benzene rings is 1. The zero-order valence-corrected chi connectivity index (χ0v) is 12.9. The van der Waals surface area contributed by atoms with Crippen LogP contribution in [0, 0.1) is 13.8 Å². The summed E-state index contributed by atoms with van der Waals surface area (Å²) >= 11 is 3.45. The highest BCUT2D eigenvalue weighted by Crippen LogP contribution is 2.50. The molecular weight excluding hydrogens is 320 g/mol. The molecule has 1 aliphatic rings. The van der Waals surface area contributed by atoms with Crippen LogP contribution in [0.2, 0.25) is 0 Å². The summed E-state index contributed by atoms with van der Waals surface area (Å²) in [5.74, 6) is -0.788. The number of aryl methyl sites for hydroxylation is 2. The van der Waals surface area contributed by atoms with E-state index in [2.05, 4.69) is 27.1 Å². The maximum absolute atomic E-state index is 11.4. The van der Waals surface area contributed by atoms with E-state index in [1.807, 2.05) is 32.2 Å². The SMILES string of the molecule is Cc1cc(C)cc(-n2cc(Br)c(C3(C(=O)O)CC3)n2)c1. The van der Waals surface area contributed by atoms with Crippen molar-refractivity contribution in [2.24, 2.45) is 0 Å². The summed E-state index contributed by atoms with van der Waals surface area (Å²) < 4.78 is 2.51. The molecule has 0 unspecified atom stereocenters. The number of carboxylic acids is 1. The summed E-state index contributed by atoms with van der Waals surface area (Å²) in [6, 6.07) is 6.18. The highest BCUT2D eigenvalue weighted by atomic mass is 79.9. The minimum Gasteiger partial charge on any atom is -0.481 e. The van der Waals surface area contributed by atoms with Crippen molar-refractivity contribution in [3.05, 3.63) is 45.7 Å². The fourth-order valence-electron chi connectivity index (χ4n) is 2.57. The van der Waals surface area contributed by atoms with Crippen LogP contribution in [0.5, 0.6) is 0 Å². The fraction of sp³-hybridized carbons (Fsp3) is 0.333. The number of carbonyl (C=O) groups is 1. The summed E-state index contributed by atoms with van der Waals surface area (Å²) in [5, 5.41) is 13.9. The van der Waals surface area contributed by atoms with E-state index in [1.165, 1.54) is 0 Å². The molecule has 5 heteroatoms. The molecule has 1 fully saturated rings. The monoisotopic (exact) mass is 334 g/mol. The Hall–Kier alpha value is -1.62. The predicted molar refractivity (Wildman–Crippen MR) is 79.3 cm³/mol. The molecule has 0 atom stereocenters. The van der Waals surface area contributed by atoms with Gasteiger partial charge in [0.1, 0.15) is 5.41 Å². The molecule has 0 saturated heterocycles. The molecule has 0 spiro atoms. The number of rotatable bonds is 3. The molecular formula is C15H15BrN2O2. The van der Waals surface area contributed by atoms with Gasteiger partial charge in [0.15, 0.2) is 0 Å². The molecule has 0 aliphatic heterocycles. The van der Waals surface area contributed by atoms with Crippen LogP contribution in [0.4, 0.5) is 0 Å². The minimum absolute atomic E-state index is 0.629. The molecule has 0 bridgehead atoms. The van der Waals surface area contributed by atoms with Crippen LogP contribution in [-0.4, -0.2) is 20.9 Å². The fourth-order valence-corrected chi connectivity index (χ4v) is 3.22. The quantitative estimate of drug-likeness (QED) is 0.936. The summed E-state index contributed by atoms with van der Waals surface area (Å²) in [7, 11) is 0. The smallest absolute Gasteiger partial charge is 0.315 e. The number of hydrogen-bond donors (Lipinski definition) is 1. The molecule has 1 aromatic heterocycles. The molecule has 3 rings (SSSR count). The van der Waals surface area contributed by atoms with E-state index in [1.54, 1.807) is 4.68 Å². The summed E-state index contributed by atoms with van der Waals surface area (Å²) in [5.41, 5.74) is 3.11. The van der Waals surface area contributed by atoms with Crippen molar-refractivity contribution in [3.63, 3.8) is 0 Å². The first-order valence-electron chi connectivity index (χ1n) is 6.50. The van der Waals surface area contributed by atoms with Gasteiger partial charge in [0.25, 0.3) is 0 Å². The number of nitrogens with zero attached hydrogens (tertiary/aromatic N) is 2. The van der Waals surface area contributed by atoms with E-state index in [0.717, 1.165) is 21.3 Å². The van der Waals surface area contributed by atoms with Gasteiger partial charge < -0.3 is 5.11 Å². The van der Waals surface area contributed by atoms with Gasteiger partial charge in [-0.2, -0.15) is 5.10 Å². The van der Waals surface area contributed by atoms with Gasteiger partial charge in [-0.15, -0.1) is 0 Å². The van der Waals surface area contributed by atoms with Gasteiger partial charge >= 0.3 is 5.97 Å². The van der Waals surface area contributed by atoms with Gasteiger partial charge in [-0.05, 0) is 65.9 Å². The number of halogens is 1. The van der Waals surface area contributed by atoms with E-state index in [-0.39, 0.29) is 0 Å². The van der Waals surface area contributed by atoms with Crippen LogP contribution in [0.15, 0.2) is 28.9 Å². The number of aliphatic carboxylic acids is 1. The summed E-state index contributed by atoms with van der Waals surface area (Å²) in [6.07, 6.45) is 3.15. The van der Waals surface area contributed by atoms with E-state index in [0.29, 0.717) is 18.5 Å². The second kappa shape index (κ2) is 4.45. The Balaban J connectivity index is 2.07. The Morgan fingerprint density at radius 2 is 1.90 bits per heavy atom. The van der Waals surface area contributed by atoms with Crippen LogP contribution < -0.4 is 0 Å². The van der Waals surface area contributed by atoms with Gasteiger partial charge in [0.05, 0.1) is 15.9 Å². The molecule has 1 aliphatic carbocycles. The highest BCUT2D eigenvalue weighted by molar-refractivity contribution is 9.10. The van der Waals surface area contributed by atoms with Crippen molar-refractivity contribution < 1.29 is 9.90 Å². The second-order valence-electron chi connectivity index (χ2n) is 5.50. The number of aromatic nitrogens is 2. The second-order valence-corrected chi connectivity index (χ2v) is 6.36. The first kappa shape index (κ1) is 13.4. The normalized spacial score (nSPS) is 16.1. The highest BCUT2D eigenvalue weighted by Gasteiger charge is 2.54. The van der Waals surface area contributed by atoms with Crippen LogP contribution in [0.1, 0.15) is 29.7 Å². The average molecular weight is 335 g/mol. The largest absolute Gasteiger partial charge is 0.481 e. The third-order valence-electron chi connectivity index (χ3n) is 3.75. The van der Waals surface area contributed by atoms with Crippen LogP contribution in [0.3, 0.4) is 0 Å². The standard InChI is InChI=1S/C15H15BrN2O2/c1-9-5-10(2)7-11(6-9)18-8-12(16)13(17-18)15(3-4-15)14(19)20/h5-8H,3-4H2,1-2H3,(H,19,20). The van der Waals surface area contributed by atoms with Gasteiger partial charge in [-0.25, -0.2) is 4.68 Å². The van der Waals surface area contributed by atoms with E-state index in [9.17, 15) is 9.90 Å². The Morgan fingerprint density at radius 1 is 1.30 bits per heavy atom. The van der Waals surface area contributed by atoms with Crippen molar-refractivity contribution in [3.8, 4) is 5.69 Å². The van der Waals surface area contributed by atoms with Gasteiger partial charge in [0.2, 0.25) is 0 Å². The minimum atomic E-state index is -0.789. The van der Waals surface area contributed by atoms with Gasteiger partial charge in [-0.1, -0.05) is 6.07 Å². The molecule has 104 valence electrons. The molecule has 0 radical (unpaired) electrons. The lowest BCUT2D eigenvalue weighted by molar-refractivity contribution is -0.140. The van der Waals surface area contributed by atoms with Crippen molar-refractivity contribution in [2.75, 3.05) is 0 Å². The van der Waals surface area contributed by atoms with E-state index in [4.69, 9.17) is 0 Å².